The first-order valence-electron chi connectivity index (χ1n) is 3.93. The summed E-state index contributed by atoms with van der Waals surface area (Å²) in [5, 5.41) is 0. The van der Waals surface area contributed by atoms with Crippen molar-refractivity contribution in [3.05, 3.63) is 12.2 Å². The van der Waals surface area contributed by atoms with Gasteiger partial charge in [0.1, 0.15) is 0 Å². The molecule has 0 N–H and O–H groups in total. The Morgan fingerprint density at radius 1 is 1.31 bits per heavy atom. The maximum absolute atomic E-state index is 11.1. The maximum Gasteiger partial charge on any atom is 0.313 e. The molecule has 0 aliphatic rings. The number of carbonyl (C=O) groups is 2. The highest BCUT2D eigenvalue weighted by molar-refractivity contribution is 5.81. The molecule has 0 aromatic heterocycles. The van der Waals surface area contributed by atoms with Crippen LogP contribution in [0.5, 0.6) is 0 Å². The van der Waals surface area contributed by atoms with Crippen LogP contribution in [0.3, 0.4) is 0 Å². The van der Waals surface area contributed by atoms with Crippen molar-refractivity contribution < 1.29 is 19.1 Å². The summed E-state index contributed by atoms with van der Waals surface area (Å²) in [6.07, 6.45) is 3.33. The minimum Gasteiger partial charge on any atom is -0.469 e. The highest BCUT2D eigenvalue weighted by atomic mass is 16.5. The molecule has 4 heteroatoms. The average molecular weight is 186 g/mol. The molecule has 4 nitrogen and oxygen atoms in total. The number of hydrogen-bond donors (Lipinski definition) is 0. The predicted molar refractivity (Wildman–Crippen MR) is 47.0 cm³/mol. The van der Waals surface area contributed by atoms with Crippen molar-refractivity contribution in [3.63, 3.8) is 0 Å². The van der Waals surface area contributed by atoms with Crippen LogP contribution in [-0.2, 0) is 19.1 Å². The van der Waals surface area contributed by atoms with Crippen molar-refractivity contribution in [2.45, 2.75) is 13.3 Å². The van der Waals surface area contributed by atoms with Crippen LogP contribution in [0.2, 0.25) is 0 Å². The first kappa shape index (κ1) is 11.7. The molecule has 0 spiro atoms. The van der Waals surface area contributed by atoms with E-state index in [2.05, 4.69) is 9.47 Å². The summed E-state index contributed by atoms with van der Waals surface area (Å²) in [4.78, 5) is 21.9. The Morgan fingerprint density at radius 2 is 1.92 bits per heavy atom. The van der Waals surface area contributed by atoms with Crippen LogP contribution in [0.25, 0.3) is 0 Å². The van der Waals surface area contributed by atoms with Crippen LogP contribution in [-0.4, -0.2) is 26.2 Å². The van der Waals surface area contributed by atoms with E-state index >= 15 is 0 Å². The number of rotatable bonds is 4. The summed E-state index contributed by atoms with van der Waals surface area (Å²) in [5.41, 5.74) is 0. The first-order valence-corrected chi connectivity index (χ1v) is 3.93. The highest BCUT2D eigenvalue weighted by Gasteiger charge is 2.19. The van der Waals surface area contributed by atoms with E-state index in [9.17, 15) is 9.59 Å². The molecule has 1 atom stereocenters. The van der Waals surface area contributed by atoms with Gasteiger partial charge in [0.2, 0.25) is 0 Å². The van der Waals surface area contributed by atoms with E-state index in [1.165, 1.54) is 14.2 Å². The Hall–Kier alpha value is -1.32. The zero-order valence-electron chi connectivity index (χ0n) is 8.07. The highest BCUT2D eigenvalue weighted by Crippen LogP contribution is 2.08. The number of ether oxygens (including phenoxy) is 2. The summed E-state index contributed by atoms with van der Waals surface area (Å²) < 4.78 is 8.95. The van der Waals surface area contributed by atoms with E-state index in [0.29, 0.717) is 0 Å². The summed E-state index contributed by atoms with van der Waals surface area (Å²) in [6.45, 7) is 1.77. The number of carbonyl (C=O) groups excluding carboxylic acids is 2. The molecule has 0 aromatic rings. The zero-order valence-corrected chi connectivity index (χ0v) is 8.07. The van der Waals surface area contributed by atoms with Gasteiger partial charge in [-0.15, -0.1) is 0 Å². The Bertz CT molecular complexity index is 208. The van der Waals surface area contributed by atoms with Gasteiger partial charge < -0.3 is 9.47 Å². The molecule has 0 saturated carbocycles. The second-order valence-corrected chi connectivity index (χ2v) is 2.44. The van der Waals surface area contributed by atoms with Gasteiger partial charge in [0.15, 0.2) is 0 Å². The molecule has 0 bridgehead atoms. The first-order chi connectivity index (χ1) is 6.15. The van der Waals surface area contributed by atoms with E-state index in [-0.39, 0.29) is 6.42 Å². The lowest BCUT2D eigenvalue weighted by molar-refractivity contribution is -0.150. The summed E-state index contributed by atoms with van der Waals surface area (Å²) >= 11 is 0. The fourth-order valence-corrected chi connectivity index (χ4v) is 0.877. The van der Waals surface area contributed by atoms with Gasteiger partial charge in [-0.2, -0.15) is 0 Å². The molecule has 1 unspecified atom stereocenters. The Labute approximate surface area is 77.5 Å². The molecule has 0 rings (SSSR count). The third-order valence-corrected chi connectivity index (χ3v) is 1.54. The second kappa shape index (κ2) is 6.22. The monoisotopic (exact) mass is 186 g/mol. The van der Waals surface area contributed by atoms with Gasteiger partial charge in [-0.05, 0) is 6.92 Å². The van der Waals surface area contributed by atoms with Crippen molar-refractivity contribution in [2.24, 2.45) is 5.92 Å². The minimum absolute atomic E-state index is 0.0213. The molecule has 0 aromatic carbocycles. The van der Waals surface area contributed by atoms with Crippen molar-refractivity contribution in [1.29, 1.82) is 0 Å². The topological polar surface area (TPSA) is 52.6 Å². The van der Waals surface area contributed by atoms with Gasteiger partial charge in [0, 0.05) is 0 Å². The van der Waals surface area contributed by atoms with Gasteiger partial charge in [-0.25, -0.2) is 0 Å². The SMILES string of the molecule is C/C=C\C(CC(=O)OC)C(=O)OC. The smallest absolute Gasteiger partial charge is 0.313 e. The summed E-state index contributed by atoms with van der Waals surface area (Å²) in [7, 11) is 2.57. The second-order valence-electron chi connectivity index (χ2n) is 2.44. The van der Waals surface area contributed by atoms with Crippen molar-refractivity contribution in [3.8, 4) is 0 Å². The summed E-state index contributed by atoms with van der Waals surface area (Å²) in [5.74, 6) is -1.39. The van der Waals surface area contributed by atoms with Gasteiger partial charge in [-0.1, -0.05) is 12.2 Å². The van der Waals surface area contributed by atoms with Gasteiger partial charge >= 0.3 is 11.9 Å². The number of allylic oxidation sites excluding steroid dienone is 1. The quantitative estimate of drug-likeness (QED) is 0.484. The fraction of sp³-hybridized carbons (Fsp3) is 0.556. The minimum atomic E-state index is -0.539. The lowest BCUT2D eigenvalue weighted by Crippen LogP contribution is -2.18. The zero-order chi connectivity index (χ0) is 10.3. The molecule has 0 saturated heterocycles. The third-order valence-electron chi connectivity index (χ3n) is 1.54. The average Bonchev–Trinajstić information content (AvgIpc) is 2.15. The molecule has 0 fully saturated rings. The van der Waals surface area contributed by atoms with Crippen molar-refractivity contribution >= 4 is 11.9 Å². The molecule has 0 amide bonds. The normalized spacial score (nSPS) is 12.5. The van der Waals surface area contributed by atoms with Crippen LogP contribution in [0.15, 0.2) is 12.2 Å². The van der Waals surface area contributed by atoms with E-state index in [1.807, 2.05) is 0 Å². The van der Waals surface area contributed by atoms with E-state index in [4.69, 9.17) is 0 Å². The van der Waals surface area contributed by atoms with Gasteiger partial charge in [0.05, 0.1) is 26.6 Å². The maximum atomic E-state index is 11.1. The van der Waals surface area contributed by atoms with E-state index in [0.717, 1.165) is 0 Å². The standard InChI is InChI=1S/C9H14O4/c1-4-5-7(9(11)13-3)6-8(10)12-2/h4-5,7H,6H2,1-3H3/b5-4-. The Kier molecular flexibility index (Phi) is 5.59. The Balaban J connectivity index is 4.25. The van der Waals surface area contributed by atoms with Crippen LogP contribution in [0.1, 0.15) is 13.3 Å². The molecule has 74 valence electrons. The molecular formula is C9H14O4. The van der Waals surface area contributed by atoms with Crippen molar-refractivity contribution in [2.75, 3.05) is 14.2 Å². The van der Waals surface area contributed by atoms with Gasteiger partial charge in [0.25, 0.3) is 0 Å². The lowest BCUT2D eigenvalue weighted by Gasteiger charge is -2.07. The van der Waals surface area contributed by atoms with Crippen LogP contribution < -0.4 is 0 Å². The van der Waals surface area contributed by atoms with E-state index in [1.54, 1.807) is 19.1 Å². The fourth-order valence-electron chi connectivity index (χ4n) is 0.877. The third kappa shape index (κ3) is 4.30. The molecule has 0 aliphatic heterocycles. The van der Waals surface area contributed by atoms with Crippen LogP contribution in [0, 0.1) is 5.92 Å². The number of hydrogen-bond acceptors (Lipinski definition) is 4. The molecular weight excluding hydrogens is 172 g/mol. The van der Waals surface area contributed by atoms with Gasteiger partial charge in [-0.3, -0.25) is 9.59 Å². The molecule has 0 heterocycles. The largest absolute Gasteiger partial charge is 0.469 e. The lowest BCUT2D eigenvalue weighted by atomic mass is 10.1. The van der Waals surface area contributed by atoms with Crippen molar-refractivity contribution in [1.82, 2.24) is 0 Å². The molecule has 13 heavy (non-hydrogen) atoms. The number of esters is 2. The van der Waals surface area contributed by atoms with Crippen LogP contribution >= 0.6 is 0 Å². The van der Waals surface area contributed by atoms with Crippen LogP contribution in [0.4, 0.5) is 0 Å². The summed E-state index contributed by atoms with van der Waals surface area (Å²) in [6, 6.07) is 0. The molecule has 0 aliphatic carbocycles. The Morgan fingerprint density at radius 3 is 2.31 bits per heavy atom. The predicted octanol–water partition coefficient (Wildman–Crippen LogP) is 0.915. The van der Waals surface area contributed by atoms with E-state index < -0.39 is 17.9 Å². The number of methoxy groups -OCH3 is 2. The molecule has 0 radical (unpaired) electrons.